The number of nitrogens with zero attached hydrogens (tertiary/aromatic N) is 1. The Morgan fingerprint density at radius 3 is 2.81 bits per heavy atom. The Kier molecular flexibility index (Phi) is 6.84. The standard InChI is InChI=1S/C12H18N2O5S2/c1-2-5-20-6-3-13-12(17)14-4-7-21(18,19)9-10(14)8-11(15)16/h1,10H,3-9H2,(H,13,17)(H,15,16). The highest BCUT2D eigenvalue weighted by atomic mass is 32.2. The second-order valence-electron chi connectivity index (χ2n) is 4.55. The molecule has 0 aromatic heterocycles. The van der Waals surface area contributed by atoms with Crippen molar-refractivity contribution in [3.63, 3.8) is 0 Å². The number of carbonyl (C=O) groups excluding carboxylic acids is 1. The van der Waals surface area contributed by atoms with Crippen LogP contribution in [0.15, 0.2) is 0 Å². The first-order valence-corrected chi connectivity index (χ1v) is 9.31. The number of carbonyl (C=O) groups is 2. The van der Waals surface area contributed by atoms with Gasteiger partial charge in [0.15, 0.2) is 9.84 Å². The number of nitrogens with one attached hydrogen (secondary N) is 1. The van der Waals surface area contributed by atoms with Gasteiger partial charge >= 0.3 is 12.0 Å². The highest BCUT2D eigenvalue weighted by Gasteiger charge is 2.35. The summed E-state index contributed by atoms with van der Waals surface area (Å²) in [5.74, 6) is 2.10. The molecule has 2 amide bonds. The number of carboxylic acid groups (broad SMARTS) is 1. The zero-order chi connectivity index (χ0) is 15.9. The van der Waals surface area contributed by atoms with Crippen molar-refractivity contribution in [3.8, 4) is 12.3 Å². The smallest absolute Gasteiger partial charge is 0.317 e. The number of thioether (sulfide) groups is 1. The van der Waals surface area contributed by atoms with Crippen molar-refractivity contribution in [1.82, 2.24) is 10.2 Å². The van der Waals surface area contributed by atoms with Gasteiger partial charge in [-0.05, 0) is 0 Å². The van der Waals surface area contributed by atoms with Crippen LogP contribution < -0.4 is 5.32 Å². The van der Waals surface area contributed by atoms with Crippen LogP contribution in [0.1, 0.15) is 6.42 Å². The fraction of sp³-hybridized carbons (Fsp3) is 0.667. The molecular weight excluding hydrogens is 316 g/mol. The normalized spacial score (nSPS) is 20.5. The van der Waals surface area contributed by atoms with Gasteiger partial charge in [-0.25, -0.2) is 13.2 Å². The van der Waals surface area contributed by atoms with E-state index in [9.17, 15) is 18.0 Å². The number of sulfone groups is 1. The van der Waals surface area contributed by atoms with Crippen LogP contribution in [0.25, 0.3) is 0 Å². The van der Waals surface area contributed by atoms with Crippen molar-refractivity contribution in [2.45, 2.75) is 12.5 Å². The number of rotatable bonds is 6. The van der Waals surface area contributed by atoms with Crippen molar-refractivity contribution in [2.75, 3.05) is 36.1 Å². The third-order valence-electron chi connectivity index (χ3n) is 2.91. The summed E-state index contributed by atoms with van der Waals surface area (Å²) in [6.07, 6.45) is 4.72. The van der Waals surface area contributed by atoms with E-state index in [0.717, 1.165) is 0 Å². The lowest BCUT2D eigenvalue weighted by atomic mass is 10.2. The molecule has 1 saturated heterocycles. The summed E-state index contributed by atoms with van der Waals surface area (Å²) in [5, 5.41) is 11.5. The molecule has 1 unspecified atom stereocenters. The summed E-state index contributed by atoms with van der Waals surface area (Å²) in [6.45, 7) is 0.415. The van der Waals surface area contributed by atoms with Gasteiger partial charge in [-0.1, -0.05) is 5.92 Å². The van der Waals surface area contributed by atoms with Crippen LogP contribution in [0.5, 0.6) is 0 Å². The van der Waals surface area contributed by atoms with E-state index in [0.29, 0.717) is 18.1 Å². The van der Waals surface area contributed by atoms with E-state index in [1.165, 1.54) is 16.7 Å². The zero-order valence-corrected chi connectivity index (χ0v) is 13.1. The van der Waals surface area contributed by atoms with Gasteiger partial charge in [-0.3, -0.25) is 4.79 Å². The molecule has 9 heteroatoms. The third kappa shape index (κ3) is 6.27. The lowest BCUT2D eigenvalue weighted by Crippen LogP contribution is -2.55. The molecule has 1 rings (SSSR count). The van der Waals surface area contributed by atoms with E-state index < -0.39 is 27.9 Å². The Labute approximate surface area is 128 Å². The van der Waals surface area contributed by atoms with Gasteiger partial charge in [-0.15, -0.1) is 18.2 Å². The topological polar surface area (TPSA) is 104 Å². The van der Waals surface area contributed by atoms with Crippen molar-refractivity contribution in [2.24, 2.45) is 0 Å². The van der Waals surface area contributed by atoms with E-state index >= 15 is 0 Å². The molecule has 0 saturated carbocycles. The summed E-state index contributed by atoms with van der Waals surface area (Å²) in [6, 6.07) is -1.25. The molecule has 1 fully saturated rings. The number of carboxylic acids is 1. The predicted molar refractivity (Wildman–Crippen MR) is 81.0 cm³/mol. The minimum atomic E-state index is -3.29. The molecule has 0 aromatic carbocycles. The maximum atomic E-state index is 12.0. The molecule has 1 heterocycles. The average molecular weight is 334 g/mol. The molecule has 21 heavy (non-hydrogen) atoms. The van der Waals surface area contributed by atoms with Gasteiger partial charge in [0.25, 0.3) is 0 Å². The predicted octanol–water partition coefficient (Wildman–Crippen LogP) is -0.364. The van der Waals surface area contributed by atoms with E-state index in [4.69, 9.17) is 11.5 Å². The number of aliphatic carboxylic acids is 1. The number of terminal acetylenes is 1. The van der Waals surface area contributed by atoms with Crippen LogP contribution in [0.3, 0.4) is 0 Å². The highest BCUT2D eigenvalue weighted by molar-refractivity contribution is 7.99. The Balaban J connectivity index is 2.55. The molecule has 1 atom stereocenters. The van der Waals surface area contributed by atoms with Crippen LogP contribution in [0.2, 0.25) is 0 Å². The average Bonchev–Trinajstić information content (AvgIpc) is 2.36. The summed E-state index contributed by atoms with van der Waals surface area (Å²) >= 11 is 1.49. The molecule has 1 aliphatic heterocycles. The van der Waals surface area contributed by atoms with E-state index in [-0.39, 0.29) is 24.5 Å². The monoisotopic (exact) mass is 334 g/mol. The maximum absolute atomic E-state index is 12.0. The Bertz CT molecular complexity index is 526. The van der Waals surface area contributed by atoms with Crippen LogP contribution >= 0.6 is 11.8 Å². The fourth-order valence-electron chi connectivity index (χ4n) is 1.99. The molecule has 0 aromatic rings. The van der Waals surface area contributed by atoms with Gasteiger partial charge < -0.3 is 15.3 Å². The molecule has 7 nitrogen and oxygen atoms in total. The van der Waals surface area contributed by atoms with E-state index in [1.807, 2.05) is 0 Å². The SMILES string of the molecule is C#CCSCCNC(=O)N1CCS(=O)(=O)CC1CC(=O)O. The van der Waals surface area contributed by atoms with E-state index in [1.54, 1.807) is 0 Å². The van der Waals surface area contributed by atoms with Crippen LogP contribution in [-0.4, -0.2) is 72.6 Å². The number of urea groups is 1. The van der Waals surface area contributed by atoms with Crippen molar-refractivity contribution >= 4 is 33.6 Å². The van der Waals surface area contributed by atoms with Gasteiger partial charge in [-0.2, -0.15) is 0 Å². The second kappa shape index (κ2) is 8.14. The molecule has 0 aliphatic carbocycles. The van der Waals surface area contributed by atoms with Gasteiger partial charge in [0, 0.05) is 18.8 Å². The summed E-state index contributed by atoms with van der Waals surface area (Å²) in [4.78, 5) is 24.1. The minimum Gasteiger partial charge on any atom is -0.481 e. The third-order valence-corrected chi connectivity index (χ3v) is 5.47. The first-order valence-electron chi connectivity index (χ1n) is 6.33. The van der Waals surface area contributed by atoms with Gasteiger partial charge in [0.05, 0.1) is 29.7 Å². The quantitative estimate of drug-likeness (QED) is 0.508. The zero-order valence-electron chi connectivity index (χ0n) is 11.4. The van der Waals surface area contributed by atoms with E-state index in [2.05, 4.69) is 11.2 Å². The molecule has 0 bridgehead atoms. The Morgan fingerprint density at radius 2 is 2.19 bits per heavy atom. The number of hydrogen-bond donors (Lipinski definition) is 2. The summed E-state index contributed by atoms with van der Waals surface area (Å²) < 4.78 is 23.1. The molecule has 0 radical (unpaired) electrons. The van der Waals surface area contributed by atoms with Crippen LogP contribution in [-0.2, 0) is 14.6 Å². The number of hydrogen-bond acceptors (Lipinski definition) is 5. The lowest BCUT2D eigenvalue weighted by molar-refractivity contribution is -0.138. The maximum Gasteiger partial charge on any atom is 0.317 e. The van der Waals surface area contributed by atoms with Gasteiger partial charge in [0.2, 0.25) is 0 Å². The molecule has 2 N–H and O–H groups in total. The Morgan fingerprint density at radius 1 is 1.48 bits per heavy atom. The fourth-order valence-corrected chi connectivity index (χ4v) is 4.02. The van der Waals surface area contributed by atoms with Crippen molar-refractivity contribution in [3.05, 3.63) is 0 Å². The second-order valence-corrected chi connectivity index (χ2v) is 7.88. The largest absolute Gasteiger partial charge is 0.481 e. The van der Waals surface area contributed by atoms with Gasteiger partial charge in [0.1, 0.15) is 0 Å². The molecule has 1 aliphatic rings. The lowest BCUT2D eigenvalue weighted by Gasteiger charge is -2.34. The minimum absolute atomic E-state index is 0.0175. The summed E-state index contributed by atoms with van der Waals surface area (Å²) in [7, 11) is -3.29. The van der Waals surface area contributed by atoms with Crippen LogP contribution in [0, 0.1) is 12.3 Å². The highest BCUT2D eigenvalue weighted by Crippen LogP contribution is 2.15. The van der Waals surface area contributed by atoms with Crippen molar-refractivity contribution < 1.29 is 23.1 Å². The first kappa shape index (κ1) is 17.7. The molecular formula is C12H18N2O5S2. The summed E-state index contributed by atoms with van der Waals surface area (Å²) in [5.41, 5.74) is 0. The first-order chi connectivity index (χ1) is 9.85. The molecule has 118 valence electrons. The Hall–Kier alpha value is -1.40. The molecule has 0 spiro atoms. The number of amides is 2. The van der Waals surface area contributed by atoms with Crippen LogP contribution in [0.4, 0.5) is 4.79 Å². The van der Waals surface area contributed by atoms with Crippen molar-refractivity contribution in [1.29, 1.82) is 0 Å².